The Morgan fingerprint density at radius 1 is 1.03 bits per heavy atom. The third-order valence-corrected chi connectivity index (χ3v) is 5.70. The first-order chi connectivity index (χ1) is 15.8. The van der Waals surface area contributed by atoms with Crippen LogP contribution in [-0.4, -0.2) is 29.3 Å². The zero-order valence-corrected chi connectivity index (χ0v) is 18.3. The van der Waals surface area contributed by atoms with Gasteiger partial charge in [-0.2, -0.15) is 18.3 Å². The van der Waals surface area contributed by atoms with Crippen molar-refractivity contribution in [2.75, 3.05) is 0 Å². The zero-order chi connectivity index (χ0) is 23.2. The van der Waals surface area contributed by atoms with Crippen LogP contribution in [0.15, 0.2) is 66.9 Å². The van der Waals surface area contributed by atoms with Crippen LogP contribution < -0.4 is 0 Å². The normalized spacial score (nSPS) is 11.9. The molecule has 5 aromatic rings. The number of benzene rings is 2. The smallest absolute Gasteiger partial charge is 0.315 e. The lowest BCUT2D eigenvalue weighted by atomic mass is 10.2. The molecule has 0 aliphatic rings. The Balaban J connectivity index is 1.68. The van der Waals surface area contributed by atoms with Crippen molar-refractivity contribution in [2.45, 2.75) is 12.7 Å². The van der Waals surface area contributed by atoms with Gasteiger partial charge >= 0.3 is 6.18 Å². The molecule has 0 aliphatic heterocycles. The van der Waals surface area contributed by atoms with E-state index in [9.17, 15) is 13.2 Å². The number of nitrogens with zero attached hydrogens (tertiary/aromatic N) is 5. The molecule has 0 unspecified atom stereocenters. The van der Waals surface area contributed by atoms with Crippen LogP contribution in [0.5, 0.6) is 0 Å². The number of halogens is 4. The van der Waals surface area contributed by atoms with Crippen molar-refractivity contribution in [2.24, 2.45) is 0 Å². The lowest BCUT2D eigenvalue weighted by molar-refractivity contribution is -0.137. The first kappa shape index (κ1) is 21.4. The standard InChI is InChI=1S/C22H14ClF3N6S/c23-14-9-8-13(22(24,25)26)11-18(14)32-19(29-30-21(32)33)12-31-17-7-2-1-5-15(17)28-20(31)16-6-3-4-10-27-16/h1-11H,12H2,(H,30,33). The van der Waals surface area contributed by atoms with Crippen molar-refractivity contribution in [3.8, 4) is 17.2 Å². The lowest BCUT2D eigenvalue weighted by Crippen LogP contribution is -2.11. The third kappa shape index (κ3) is 3.91. The minimum atomic E-state index is -4.53. The molecule has 0 atom stereocenters. The van der Waals surface area contributed by atoms with E-state index < -0.39 is 11.7 Å². The molecule has 11 heteroatoms. The van der Waals surface area contributed by atoms with Gasteiger partial charge in [-0.05, 0) is 54.7 Å². The van der Waals surface area contributed by atoms with Gasteiger partial charge in [-0.15, -0.1) is 0 Å². The monoisotopic (exact) mass is 486 g/mol. The summed E-state index contributed by atoms with van der Waals surface area (Å²) in [6.45, 7) is 0.159. The van der Waals surface area contributed by atoms with Crippen LogP contribution in [0, 0.1) is 4.77 Å². The molecule has 5 rings (SSSR count). The van der Waals surface area contributed by atoms with Gasteiger partial charge in [-0.1, -0.05) is 29.8 Å². The van der Waals surface area contributed by atoms with E-state index >= 15 is 0 Å². The van der Waals surface area contributed by atoms with E-state index in [0.717, 1.165) is 23.2 Å². The predicted molar refractivity (Wildman–Crippen MR) is 121 cm³/mol. The van der Waals surface area contributed by atoms with Crippen molar-refractivity contribution >= 4 is 34.9 Å². The van der Waals surface area contributed by atoms with Crippen LogP contribution in [0.4, 0.5) is 13.2 Å². The van der Waals surface area contributed by atoms with E-state index in [0.29, 0.717) is 17.3 Å². The molecule has 33 heavy (non-hydrogen) atoms. The van der Waals surface area contributed by atoms with Gasteiger partial charge in [0.15, 0.2) is 16.4 Å². The van der Waals surface area contributed by atoms with E-state index in [4.69, 9.17) is 28.8 Å². The number of rotatable bonds is 4. The molecule has 0 saturated heterocycles. The fourth-order valence-electron chi connectivity index (χ4n) is 3.61. The van der Waals surface area contributed by atoms with Gasteiger partial charge in [0.25, 0.3) is 0 Å². The first-order valence-electron chi connectivity index (χ1n) is 9.73. The topological polar surface area (TPSA) is 64.3 Å². The molecule has 0 amide bonds. The van der Waals surface area contributed by atoms with Gasteiger partial charge in [0.1, 0.15) is 5.69 Å². The molecule has 6 nitrogen and oxygen atoms in total. The number of nitrogens with one attached hydrogen (secondary N) is 1. The number of imidazole rings is 1. The summed E-state index contributed by atoms with van der Waals surface area (Å²) in [5, 5.41) is 7.06. The van der Waals surface area contributed by atoms with Gasteiger partial charge in [0.05, 0.1) is 33.9 Å². The van der Waals surface area contributed by atoms with Crippen LogP contribution in [0.2, 0.25) is 5.02 Å². The Morgan fingerprint density at radius 3 is 2.58 bits per heavy atom. The van der Waals surface area contributed by atoms with Crippen molar-refractivity contribution in [3.05, 3.63) is 88.0 Å². The summed E-state index contributed by atoms with van der Waals surface area (Å²) >= 11 is 11.6. The fraction of sp³-hybridized carbons (Fsp3) is 0.0909. The van der Waals surface area contributed by atoms with Crippen molar-refractivity contribution in [1.29, 1.82) is 0 Å². The van der Waals surface area contributed by atoms with Crippen LogP contribution in [0.1, 0.15) is 11.4 Å². The number of fused-ring (bicyclic) bond motifs is 1. The maximum Gasteiger partial charge on any atom is 0.416 e. The second-order valence-electron chi connectivity index (χ2n) is 7.17. The first-order valence-corrected chi connectivity index (χ1v) is 10.5. The molecule has 3 aromatic heterocycles. The molecule has 0 bridgehead atoms. The fourth-order valence-corrected chi connectivity index (χ4v) is 4.06. The summed E-state index contributed by atoms with van der Waals surface area (Å²) in [5.41, 5.74) is 1.46. The van der Waals surface area contributed by atoms with E-state index in [-0.39, 0.29) is 22.0 Å². The molecule has 3 heterocycles. The quantitative estimate of drug-likeness (QED) is 0.313. The number of hydrogen-bond acceptors (Lipinski definition) is 4. The summed E-state index contributed by atoms with van der Waals surface area (Å²) in [5.74, 6) is 0.953. The SMILES string of the molecule is FC(F)(F)c1ccc(Cl)c(-n2c(Cn3c(-c4ccccn4)nc4ccccc43)n[nH]c2=S)c1. The largest absolute Gasteiger partial charge is 0.416 e. The summed E-state index contributed by atoms with van der Waals surface area (Å²) in [6, 6.07) is 16.1. The number of aromatic amines is 1. The Labute approximate surface area is 195 Å². The Bertz CT molecular complexity index is 1520. The second kappa shape index (κ2) is 8.13. The number of aromatic nitrogens is 6. The number of pyridine rings is 1. The highest BCUT2D eigenvalue weighted by Crippen LogP contribution is 2.34. The Hall–Kier alpha value is -3.50. The summed E-state index contributed by atoms with van der Waals surface area (Å²) in [7, 11) is 0. The molecule has 0 aliphatic carbocycles. The Kier molecular flexibility index (Phi) is 5.26. The highest BCUT2D eigenvalue weighted by atomic mass is 35.5. The number of para-hydroxylation sites is 2. The summed E-state index contributed by atoms with van der Waals surface area (Å²) in [6.07, 6.45) is -2.87. The average molecular weight is 487 g/mol. The van der Waals surface area contributed by atoms with Gasteiger partial charge in [0, 0.05) is 6.20 Å². The highest BCUT2D eigenvalue weighted by molar-refractivity contribution is 7.71. The molecule has 0 spiro atoms. The van der Waals surface area contributed by atoms with Crippen LogP contribution in [0.3, 0.4) is 0 Å². The summed E-state index contributed by atoms with van der Waals surface area (Å²) in [4.78, 5) is 9.10. The number of alkyl halides is 3. The zero-order valence-electron chi connectivity index (χ0n) is 16.7. The predicted octanol–water partition coefficient (Wildman–Crippen LogP) is 6.06. The molecular formula is C22H14ClF3N6S. The minimum Gasteiger partial charge on any atom is -0.315 e. The Morgan fingerprint density at radius 2 is 1.82 bits per heavy atom. The van der Waals surface area contributed by atoms with Crippen molar-refractivity contribution < 1.29 is 13.2 Å². The maximum atomic E-state index is 13.3. The van der Waals surface area contributed by atoms with E-state index in [1.54, 1.807) is 12.3 Å². The minimum absolute atomic E-state index is 0.0871. The van der Waals surface area contributed by atoms with Gasteiger partial charge in [-0.25, -0.2) is 4.98 Å². The van der Waals surface area contributed by atoms with Crippen molar-refractivity contribution in [3.63, 3.8) is 0 Å². The number of hydrogen-bond donors (Lipinski definition) is 1. The second-order valence-corrected chi connectivity index (χ2v) is 7.96. The molecular weight excluding hydrogens is 473 g/mol. The van der Waals surface area contributed by atoms with Crippen LogP contribution in [-0.2, 0) is 12.7 Å². The van der Waals surface area contributed by atoms with Gasteiger partial charge in [0.2, 0.25) is 0 Å². The molecule has 0 radical (unpaired) electrons. The molecule has 166 valence electrons. The van der Waals surface area contributed by atoms with Gasteiger partial charge in [-0.3, -0.25) is 14.6 Å². The van der Waals surface area contributed by atoms with E-state index in [1.165, 1.54) is 10.6 Å². The average Bonchev–Trinajstić information content (AvgIpc) is 3.35. The number of H-pyrrole nitrogens is 1. The maximum absolute atomic E-state index is 13.3. The van der Waals surface area contributed by atoms with Crippen LogP contribution in [0.25, 0.3) is 28.2 Å². The molecule has 1 N–H and O–H groups in total. The lowest BCUT2D eigenvalue weighted by Gasteiger charge is -2.14. The van der Waals surface area contributed by atoms with Crippen LogP contribution >= 0.6 is 23.8 Å². The summed E-state index contributed by atoms with van der Waals surface area (Å²) < 4.78 is 43.4. The van der Waals surface area contributed by atoms with E-state index in [1.807, 2.05) is 41.0 Å². The molecule has 0 fully saturated rings. The highest BCUT2D eigenvalue weighted by Gasteiger charge is 2.31. The molecule has 0 saturated carbocycles. The van der Waals surface area contributed by atoms with Crippen molar-refractivity contribution in [1.82, 2.24) is 29.3 Å². The third-order valence-electron chi connectivity index (χ3n) is 5.10. The molecule has 2 aromatic carbocycles. The van der Waals surface area contributed by atoms with E-state index in [2.05, 4.69) is 15.2 Å². The van der Waals surface area contributed by atoms with Gasteiger partial charge < -0.3 is 4.57 Å².